The number of thiazole rings is 1. The van der Waals surface area contributed by atoms with E-state index in [-0.39, 0.29) is 24.6 Å². The van der Waals surface area contributed by atoms with E-state index in [1.54, 1.807) is 24.3 Å². The van der Waals surface area contributed by atoms with Crippen molar-refractivity contribution < 1.29 is 14.3 Å². The Kier molecular flexibility index (Phi) is 7.83. The normalized spacial score (nSPS) is 16.2. The summed E-state index contributed by atoms with van der Waals surface area (Å²) in [6.07, 6.45) is 9.04. The van der Waals surface area contributed by atoms with E-state index < -0.39 is 5.97 Å². The van der Waals surface area contributed by atoms with E-state index in [1.165, 1.54) is 41.2 Å². The molecule has 8 heteroatoms. The van der Waals surface area contributed by atoms with Gasteiger partial charge in [0.25, 0.3) is 5.56 Å². The van der Waals surface area contributed by atoms with Gasteiger partial charge in [-0.3, -0.25) is 14.2 Å². The van der Waals surface area contributed by atoms with Gasteiger partial charge in [0, 0.05) is 6.54 Å². The van der Waals surface area contributed by atoms with Crippen molar-refractivity contribution in [2.24, 2.45) is 5.92 Å². The summed E-state index contributed by atoms with van der Waals surface area (Å²) in [4.78, 5) is 37.3. The molecule has 0 saturated heterocycles. The number of hydrogen-bond acceptors (Lipinski definition) is 6. The number of hydrogen-bond donors (Lipinski definition) is 1. The molecular formula is C21H26N2O4S2. The molecule has 0 aliphatic heterocycles. The predicted molar refractivity (Wildman–Crippen MR) is 116 cm³/mol. The van der Waals surface area contributed by atoms with Crippen LogP contribution in [0.3, 0.4) is 0 Å². The Labute approximate surface area is 177 Å². The third-order valence-corrected chi connectivity index (χ3v) is 6.68. The van der Waals surface area contributed by atoms with E-state index in [0.717, 1.165) is 18.4 Å². The van der Waals surface area contributed by atoms with Gasteiger partial charge in [0.2, 0.25) is 5.91 Å². The van der Waals surface area contributed by atoms with Gasteiger partial charge < -0.3 is 10.1 Å². The SMILES string of the molecule is CCOC(=O)C=c1sc(=Cc2ccsc2)c(=O)n1CC(=O)NCC1CCCCC1. The van der Waals surface area contributed by atoms with Crippen molar-refractivity contribution in [2.45, 2.75) is 45.6 Å². The second kappa shape index (κ2) is 10.5. The average Bonchev–Trinajstić information content (AvgIpc) is 3.32. The fraction of sp³-hybridized carbons (Fsp3) is 0.476. The zero-order valence-corrected chi connectivity index (χ0v) is 18.2. The highest BCUT2D eigenvalue weighted by Crippen LogP contribution is 2.22. The molecule has 2 aromatic rings. The highest BCUT2D eigenvalue weighted by Gasteiger charge is 2.16. The first-order valence-electron chi connectivity index (χ1n) is 9.95. The van der Waals surface area contributed by atoms with Crippen molar-refractivity contribution in [3.63, 3.8) is 0 Å². The van der Waals surface area contributed by atoms with Crippen LogP contribution in [0.2, 0.25) is 0 Å². The summed E-state index contributed by atoms with van der Waals surface area (Å²) in [5.41, 5.74) is 0.648. The zero-order valence-electron chi connectivity index (χ0n) is 16.5. The number of carbonyl (C=O) groups is 2. The Hall–Kier alpha value is -2.19. The lowest BCUT2D eigenvalue weighted by Gasteiger charge is -2.21. The highest BCUT2D eigenvalue weighted by molar-refractivity contribution is 7.08. The molecule has 1 N–H and O–H groups in total. The molecule has 1 amide bonds. The lowest BCUT2D eigenvalue weighted by Crippen LogP contribution is -2.39. The van der Waals surface area contributed by atoms with Gasteiger partial charge in [-0.2, -0.15) is 11.3 Å². The van der Waals surface area contributed by atoms with Gasteiger partial charge >= 0.3 is 5.97 Å². The van der Waals surface area contributed by atoms with Crippen molar-refractivity contribution in [1.29, 1.82) is 0 Å². The highest BCUT2D eigenvalue weighted by atomic mass is 32.1. The summed E-state index contributed by atoms with van der Waals surface area (Å²) in [6, 6.07) is 1.92. The molecule has 29 heavy (non-hydrogen) atoms. The number of rotatable bonds is 7. The van der Waals surface area contributed by atoms with Crippen molar-refractivity contribution in [3.05, 3.63) is 41.9 Å². The molecule has 0 radical (unpaired) electrons. The van der Waals surface area contributed by atoms with Gasteiger partial charge in [0.05, 0.1) is 17.2 Å². The number of esters is 1. The van der Waals surface area contributed by atoms with Crippen LogP contribution in [0.25, 0.3) is 12.2 Å². The number of ether oxygens (including phenoxy) is 1. The van der Waals surface area contributed by atoms with Gasteiger partial charge in [-0.25, -0.2) is 4.79 Å². The van der Waals surface area contributed by atoms with Crippen LogP contribution in [0.15, 0.2) is 21.6 Å². The lowest BCUT2D eigenvalue weighted by atomic mass is 9.89. The van der Waals surface area contributed by atoms with Crippen LogP contribution in [0.4, 0.5) is 0 Å². The number of nitrogens with zero attached hydrogens (tertiary/aromatic N) is 1. The minimum atomic E-state index is -0.521. The Morgan fingerprint density at radius 1 is 1.31 bits per heavy atom. The molecule has 2 aromatic heterocycles. The van der Waals surface area contributed by atoms with E-state index in [0.29, 0.717) is 21.7 Å². The van der Waals surface area contributed by atoms with E-state index in [9.17, 15) is 14.4 Å². The predicted octanol–water partition coefficient (Wildman–Crippen LogP) is 1.84. The van der Waals surface area contributed by atoms with Crippen LogP contribution < -0.4 is 20.1 Å². The summed E-state index contributed by atoms with van der Waals surface area (Å²) in [5, 5.41) is 6.83. The Bertz CT molecular complexity index is 999. The summed E-state index contributed by atoms with van der Waals surface area (Å²) >= 11 is 2.73. The molecule has 1 fully saturated rings. The molecule has 1 aliphatic rings. The maximum absolute atomic E-state index is 12.9. The Morgan fingerprint density at radius 2 is 2.10 bits per heavy atom. The Balaban J connectivity index is 1.83. The van der Waals surface area contributed by atoms with Crippen LogP contribution in [0, 0.1) is 5.92 Å². The van der Waals surface area contributed by atoms with Crippen LogP contribution in [0.5, 0.6) is 0 Å². The van der Waals surface area contributed by atoms with Gasteiger partial charge in [-0.1, -0.05) is 19.3 Å². The molecule has 1 aliphatic carbocycles. The summed E-state index contributed by atoms with van der Waals surface area (Å²) in [6.45, 7) is 2.51. The zero-order chi connectivity index (χ0) is 20.6. The van der Waals surface area contributed by atoms with Crippen LogP contribution in [0.1, 0.15) is 44.6 Å². The van der Waals surface area contributed by atoms with Gasteiger partial charge in [-0.15, -0.1) is 11.3 Å². The lowest BCUT2D eigenvalue weighted by molar-refractivity contribution is -0.135. The maximum Gasteiger partial charge on any atom is 0.333 e. The molecule has 156 valence electrons. The quantitative estimate of drug-likeness (QED) is 0.675. The second-order valence-electron chi connectivity index (χ2n) is 7.10. The van der Waals surface area contributed by atoms with Crippen LogP contribution >= 0.6 is 22.7 Å². The first kappa shape index (κ1) is 21.5. The first-order chi connectivity index (χ1) is 14.1. The number of nitrogens with one attached hydrogen (secondary N) is 1. The molecule has 0 atom stereocenters. The smallest absolute Gasteiger partial charge is 0.333 e. The topological polar surface area (TPSA) is 77.4 Å². The maximum atomic E-state index is 12.9. The van der Waals surface area contributed by atoms with Crippen molar-refractivity contribution in [2.75, 3.05) is 13.2 Å². The fourth-order valence-electron chi connectivity index (χ4n) is 3.43. The summed E-state index contributed by atoms with van der Waals surface area (Å²) in [5.74, 6) is -0.219. The van der Waals surface area contributed by atoms with E-state index >= 15 is 0 Å². The average molecular weight is 435 g/mol. The van der Waals surface area contributed by atoms with Crippen molar-refractivity contribution >= 4 is 46.7 Å². The molecule has 0 unspecified atom stereocenters. The van der Waals surface area contributed by atoms with Crippen LogP contribution in [-0.4, -0.2) is 29.6 Å². The number of aromatic nitrogens is 1. The fourth-order valence-corrected chi connectivity index (χ4v) is 5.08. The Morgan fingerprint density at radius 3 is 2.79 bits per heavy atom. The summed E-state index contributed by atoms with van der Waals surface area (Å²) < 4.78 is 7.24. The van der Waals surface area contributed by atoms with E-state index in [1.807, 2.05) is 16.8 Å². The van der Waals surface area contributed by atoms with Gasteiger partial charge in [-0.05, 0) is 54.1 Å². The third-order valence-electron chi connectivity index (χ3n) is 4.92. The first-order valence-corrected chi connectivity index (χ1v) is 11.7. The standard InChI is InChI=1S/C21H26N2O4S2/c1-2-27-20(25)11-19-23(13-18(24)22-12-15-6-4-3-5-7-15)21(26)17(29-19)10-16-8-9-28-14-16/h8-11,14-15H,2-7,12-13H2,1H3,(H,22,24). The number of thiophene rings is 1. The van der Waals surface area contributed by atoms with Gasteiger partial charge in [0.1, 0.15) is 11.2 Å². The molecule has 1 saturated carbocycles. The third kappa shape index (κ3) is 6.14. The minimum Gasteiger partial charge on any atom is -0.463 e. The molecule has 0 aromatic carbocycles. The van der Waals surface area contributed by atoms with Gasteiger partial charge in [0.15, 0.2) is 0 Å². The molecule has 3 rings (SSSR count). The summed E-state index contributed by atoms with van der Waals surface area (Å²) in [7, 11) is 0. The molecule has 0 spiro atoms. The number of amides is 1. The molecular weight excluding hydrogens is 408 g/mol. The van der Waals surface area contributed by atoms with E-state index in [4.69, 9.17) is 4.74 Å². The van der Waals surface area contributed by atoms with E-state index in [2.05, 4.69) is 5.32 Å². The second-order valence-corrected chi connectivity index (χ2v) is 8.94. The van der Waals surface area contributed by atoms with Crippen molar-refractivity contribution in [1.82, 2.24) is 9.88 Å². The number of carbonyl (C=O) groups excluding carboxylic acids is 2. The monoisotopic (exact) mass is 434 g/mol. The molecule has 0 bridgehead atoms. The van der Waals surface area contributed by atoms with Crippen molar-refractivity contribution in [3.8, 4) is 0 Å². The largest absolute Gasteiger partial charge is 0.463 e. The molecule has 2 heterocycles. The van der Waals surface area contributed by atoms with Crippen LogP contribution in [-0.2, 0) is 20.9 Å². The minimum absolute atomic E-state index is 0.106. The molecule has 6 nitrogen and oxygen atoms in total.